The molecule has 0 saturated carbocycles. The topological polar surface area (TPSA) is 26.3 Å². The summed E-state index contributed by atoms with van der Waals surface area (Å²) in [7, 11) is 0. The van der Waals surface area contributed by atoms with E-state index in [2.05, 4.69) is 0 Å². The molecule has 0 aliphatic carbocycles. The van der Waals surface area contributed by atoms with Gasteiger partial charge in [0.15, 0.2) is 0 Å². The Morgan fingerprint density at radius 2 is 2.06 bits per heavy atom. The Morgan fingerprint density at radius 3 is 2.62 bits per heavy atom. The van der Waals surface area contributed by atoms with Crippen LogP contribution < -0.4 is 0 Å². The predicted molar refractivity (Wildman–Crippen MR) is 65.8 cm³/mol. The van der Waals surface area contributed by atoms with Gasteiger partial charge in [-0.25, -0.2) is 0 Å². The van der Waals surface area contributed by atoms with Crippen LogP contribution in [0.3, 0.4) is 0 Å². The van der Waals surface area contributed by atoms with Crippen molar-refractivity contribution in [3.8, 4) is 0 Å². The number of carbonyl (C=O) groups is 1. The van der Waals surface area contributed by atoms with Crippen LogP contribution >= 0.6 is 11.6 Å². The van der Waals surface area contributed by atoms with Crippen molar-refractivity contribution in [2.75, 3.05) is 6.61 Å². The Balaban J connectivity index is 3.00. The van der Waals surface area contributed by atoms with Gasteiger partial charge in [-0.15, -0.1) is 11.6 Å². The summed E-state index contributed by atoms with van der Waals surface area (Å²) in [6, 6.07) is 4.01. The predicted octanol–water partition coefficient (Wildman–Crippen LogP) is 3.15. The van der Waals surface area contributed by atoms with E-state index in [9.17, 15) is 4.79 Å². The van der Waals surface area contributed by atoms with E-state index in [0.29, 0.717) is 18.9 Å². The van der Waals surface area contributed by atoms with Crippen LogP contribution in [-0.4, -0.2) is 12.6 Å². The molecule has 88 valence electrons. The number of carbonyl (C=O) groups excluding carboxylic acids is 1. The maximum absolute atomic E-state index is 11.5. The molecule has 0 spiro atoms. The van der Waals surface area contributed by atoms with E-state index >= 15 is 0 Å². The molecule has 0 radical (unpaired) electrons. The highest BCUT2D eigenvalue weighted by atomic mass is 35.5. The molecule has 1 aromatic rings. The summed E-state index contributed by atoms with van der Waals surface area (Å²) in [5.41, 5.74) is 4.32. The molecular formula is C13H17ClO2. The number of alkyl halides is 1. The molecule has 0 fully saturated rings. The largest absolute Gasteiger partial charge is 0.466 e. The highest BCUT2D eigenvalue weighted by Gasteiger charge is 2.12. The van der Waals surface area contributed by atoms with Crippen LogP contribution in [0.25, 0.3) is 0 Å². The molecule has 3 heteroatoms. The molecule has 0 N–H and O–H groups in total. The van der Waals surface area contributed by atoms with Crippen molar-refractivity contribution < 1.29 is 9.53 Å². The summed E-state index contributed by atoms with van der Waals surface area (Å²) in [6.45, 7) is 6.27. The van der Waals surface area contributed by atoms with Crippen molar-refractivity contribution in [2.24, 2.45) is 0 Å². The van der Waals surface area contributed by atoms with E-state index < -0.39 is 0 Å². The number of benzene rings is 1. The highest BCUT2D eigenvalue weighted by Crippen LogP contribution is 2.20. The molecule has 0 unspecified atom stereocenters. The summed E-state index contributed by atoms with van der Waals surface area (Å²) in [5, 5.41) is 0. The van der Waals surface area contributed by atoms with Gasteiger partial charge in [0.05, 0.1) is 13.0 Å². The van der Waals surface area contributed by atoms with Crippen molar-refractivity contribution in [1.82, 2.24) is 0 Å². The molecule has 0 heterocycles. The lowest BCUT2D eigenvalue weighted by atomic mass is 9.96. The van der Waals surface area contributed by atoms with Crippen LogP contribution in [0.2, 0.25) is 0 Å². The molecule has 0 saturated heterocycles. The summed E-state index contributed by atoms with van der Waals surface area (Å²) in [4.78, 5) is 11.5. The maximum atomic E-state index is 11.5. The van der Waals surface area contributed by atoms with Gasteiger partial charge in [0.25, 0.3) is 0 Å². The zero-order valence-corrected chi connectivity index (χ0v) is 10.7. The Hall–Kier alpha value is -1.02. The standard InChI is InChI=1S/C13H17ClO2/c1-4-16-13(15)7-12-10(3)9(2)5-6-11(12)8-14/h5-6H,4,7-8H2,1-3H3. The molecule has 0 bridgehead atoms. The highest BCUT2D eigenvalue weighted by molar-refractivity contribution is 6.17. The second kappa shape index (κ2) is 5.90. The van der Waals surface area contributed by atoms with E-state index in [1.54, 1.807) is 0 Å². The molecule has 1 aromatic carbocycles. The molecule has 1 rings (SSSR count). The van der Waals surface area contributed by atoms with Gasteiger partial charge in [0.2, 0.25) is 0 Å². The molecule has 0 aliphatic rings. The first-order chi connectivity index (χ1) is 7.60. The number of halogens is 1. The molecule has 2 nitrogen and oxygen atoms in total. The zero-order chi connectivity index (χ0) is 12.1. The van der Waals surface area contributed by atoms with Crippen LogP contribution in [0.15, 0.2) is 12.1 Å². The van der Waals surface area contributed by atoms with E-state index in [1.807, 2.05) is 32.9 Å². The second-order valence-electron chi connectivity index (χ2n) is 3.76. The van der Waals surface area contributed by atoms with Crippen molar-refractivity contribution in [3.05, 3.63) is 34.4 Å². The van der Waals surface area contributed by atoms with Crippen LogP contribution in [0.1, 0.15) is 29.2 Å². The maximum Gasteiger partial charge on any atom is 0.310 e. The van der Waals surface area contributed by atoms with Crippen molar-refractivity contribution in [2.45, 2.75) is 33.1 Å². The Bertz CT molecular complexity index is 386. The monoisotopic (exact) mass is 240 g/mol. The van der Waals surface area contributed by atoms with Gasteiger partial charge in [0.1, 0.15) is 0 Å². The minimum atomic E-state index is -0.192. The molecule has 0 atom stereocenters. The Labute approximate surface area is 102 Å². The minimum Gasteiger partial charge on any atom is -0.466 e. The number of rotatable bonds is 4. The number of esters is 1. The number of aryl methyl sites for hydroxylation is 1. The summed E-state index contributed by atoms with van der Waals surface area (Å²) in [5.74, 6) is 0.234. The summed E-state index contributed by atoms with van der Waals surface area (Å²) in [6.07, 6.45) is 0.309. The lowest BCUT2D eigenvalue weighted by Crippen LogP contribution is -2.11. The molecule has 0 aromatic heterocycles. The minimum absolute atomic E-state index is 0.192. The SMILES string of the molecule is CCOC(=O)Cc1c(CCl)ccc(C)c1C. The lowest BCUT2D eigenvalue weighted by Gasteiger charge is -2.12. The van der Waals surface area contributed by atoms with E-state index in [4.69, 9.17) is 16.3 Å². The van der Waals surface area contributed by atoms with Gasteiger partial charge >= 0.3 is 5.97 Å². The summed E-state index contributed by atoms with van der Waals surface area (Å²) < 4.78 is 4.96. The van der Waals surface area contributed by atoms with E-state index in [-0.39, 0.29) is 5.97 Å². The second-order valence-corrected chi connectivity index (χ2v) is 4.03. The normalized spacial score (nSPS) is 10.2. The molecular weight excluding hydrogens is 224 g/mol. The lowest BCUT2D eigenvalue weighted by molar-refractivity contribution is -0.142. The quantitative estimate of drug-likeness (QED) is 0.597. The number of hydrogen-bond donors (Lipinski definition) is 0. The first-order valence-corrected chi connectivity index (χ1v) is 5.93. The first-order valence-electron chi connectivity index (χ1n) is 5.39. The zero-order valence-electron chi connectivity index (χ0n) is 9.97. The third kappa shape index (κ3) is 2.99. The fourth-order valence-corrected chi connectivity index (χ4v) is 1.91. The fraction of sp³-hybridized carbons (Fsp3) is 0.462. The Kier molecular flexibility index (Phi) is 4.81. The van der Waals surface area contributed by atoms with E-state index in [0.717, 1.165) is 16.7 Å². The van der Waals surface area contributed by atoms with Crippen LogP contribution in [-0.2, 0) is 21.8 Å². The average molecular weight is 241 g/mol. The Morgan fingerprint density at radius 1 is 1.38 bits per heavy atom. The van der Waals surface area contributed by atoms with Crippen LogP contribution in [0.5, 0.6) is 0 Å². The first kappa shape index (κ1) is 13.0. The average Bonchev–Trinajstić information content (AvgIpc) is 2.25. The van der Waals surface area contributed by atoms with Gasteiger partial charge in [-0.2, -0.15) is 0 Å². The fourth-order valence-electron chi connectivity index (χ4n) is 1.66. The van der Waals surface area contributed by atoms with Crippen LogP contribution in [0.4, 0.5) is 0 Å². The molecule has 0 aliphatic heterocycles. The molecule has 0 amide bonds. The number of ether oxygens (including phenoxy) is 1. The van der Waals surface area contributed by atoms with Crippen molar-refractivity contribution in [1.29, 1.82) is 0 Å². The van der Waals surface area contributed by atoms with Gasteiger partial charge in [-0.1, -0.05) is 12.1 Å². The van der Waals surface area contributed by atoms with Crippen molar-refractivity contribution in [3.63, 3.8) is 0 Å². The van der Waals surface area contributed by atoms with Gasteiger partial charge in [-0.3, -0.25) is 4.79 Å². The van der Waals surface area contributed by atoms with Gasteiger partial charge in [-0.05, 0) is 43.0 Å². The third-order valence-electron chi connectivity index (χ3n) is 2.74. The third-order valence-corrected chi connectivity index (χ3v) is 3.02. The summed E-state index contributed by atoms with van der Waals surface area (Å²) >= 11 is 5.86. The van der Waals surface area contributed by atoms with E-state index in [1.165, 1.54) is 5.56 Å². The van der Waals surface area contributed by atoms with Crippen LogP contribution in [0, 0.1) is 13.8 Å². The smallest absolute Gasteiger partial charge is 0.310 e. The van der Waals surface area contributed by atoms with Crippen molar-refractivity contribution >= 4 is 17.6 Å². The number of hydrogen-bond acceptors (Lipinski definition) is 2. The molecule has 16 heavy (non-hydrogen) atoms. The van der Waals surface area contributed by atoms with Gasteiger partial charge < -0.3 is 4.74 Å². The van der Waals surface area contributed by atoms with Gasteiger partial charge in [0, 0.05) is 5.88 Å².